The van der Waals surface area contributed by atoms with Gasteiger partial charge in [0, 0.05) is 6.04 Å². The first-order valence-electron chi connectivity index (χ1n) is 8.38. The number of aliphatic hydroxyl groups excluding tert-OH is 1. The highest BCUT2D eigenvalue weighted by atomic mass is 16.3. The summed E-state index contributed by atoms with van der Waals surface area (Å²) in [5.74, 6) is 1.51. The Morgan fingerprint density at radius 2 is 1.74 bits per heavy atom. The Morgan fingerprint density at radius 3 is 2.42 bits per heavy atom. The van der Waals surface area contributed by atoms with E-state index in [0.717, 1.165) is 25.3 Å². The van der Waals surface area contributed by atoms with Crippen molar-refractivity contribution >= 4 is 0 Å². The van der Waals surface area contributed by atoms with Gasteiger partial charge in [-0.2, -0.15) is 0 Å². The molecule has 0 heterocycles. The third-order valence-corrected chi connectivity index (χ3v) is 5.30. The molecule has 4 unspecified atom stereocenters. The van der Waals surface area contributed by atoms with Crippen LogP contribution in [0.5, 0.6) is 0 Å². The molecule has 4 atom stereocenters. The van der Waals surface area contributed by atoms with Crippen LogP contribution in [0, 0.1) is 17.3 Å². The van der Waals surface area contributed by atoms with Gasteiger partial charge in [0.2, 0.25) is 0 Å². The van der Waals surface area contributed by atoms with Gasteiger partial charge in [-0.05, 0) is 55.9 Å². The highest BCUT2D eigenvalue weighted by Crippen LogP contribution is 2.38. The van der Waals surface area contributed by atoms with Crippen LogP contribution in [0.15, 0.2) is 0 Å². The van der Waals surface area contributed by atoms with Crippen LogP contribution in [0.1, 0.15) is 72.1 Å². The van der Waals surface area contributed by atoms with Crippen LogP contribution in [0.25, 0.3) is 0 Å². The lowest BCUT2D eigenvalue weighted by Gasteiger charge is -2.41. The molecule has 2 fully saturated rings. The first kappa shape index (κ1) is 15.3. The monoisotopic (exact) mass is 267 g/mol. The summed E-state index contributed by atoms with van der Waals surface area (Å²) >= 11 is 0. The average Bonchev–Trinajstić information content (AvgIpc) is 2.36. The summed E-state index contributed by atoms with van der Waals surface area (Å²) in [6, 6.07) is 0.702. The van der Waals surface area contributed by atoms with Crippen molar-refractivity contribution in [1.82, 2.24) is 5.32 Å². The van der Waals surface area contributed by atoms with E-state index in [4.69, 9.17) is 0 Å². The maximum Gasteiger partial charge on any atom is 0.0543 e. The summed E-state index contributed by atoms with van der Waals surface area (Å²) < 4.78 is 0. The maximum atomic E-state index is 9.77. The van der Waals surface area contributed by atoms with E-state index >= 15 is 0 Å². The first-order chi connectivity index (χ1) is 8.97. The molecule has 2 N–H and O–H groups in total. The second kappa shape index (κ2) is 6.58. The zero-order valence-electron chi connectivity index (χ0n) is 13.1. The zero-order valence-corrected chi connectivity index (χ0v) is 13.1. The molecule has 0 aliphatic heterocycles. The van der Waals surface area contributed by atoms with Crippen molar-refractivity contribution in [1.29, 1.82) is 0 Å². The number of rotatable bonds is 3. The zero-order chi connectivity index (χ0) is 13.9. The molecule has 2 saturated carbocycles. The highest BCUT2D eigenvalue weighted by molar-refractivity contribution is 4.89. The molecule has 0 spiro atoms. The Hall–Kier alpha value is -0.0800. The van der Waals surface area contributed by atoms with E-state index < -0.39 is 0 Å². The van der Waals surface area contributed by atoms with Gasteiger partial charge in [0.1, 0.15) is 0 Å². The fraction of sp³-hybridized carbons (Fsp3) is 1.00. The van der Waals surface area contributed by atoms with E-state index in [9.17, 15) is 5.11 Å². The highest BCUT2D eigenvalue weighted by Gasteiger charge is 2.34. The molecule has 2 heteroatoms. The minimum atomic E-state index is -0.0367. The molecule has 2 aliphatic rings. The van der Waals surface area contributed by atoms with Crippen LogP contribution in [0.4, 0.5) is 0 Å². The van der Waals surface area contributed by atoms with E-state index in [2.05, 4.69) is 26.1 Å². The standard InChI is InChI=1S/C17H33NO/c1-17(2,3)15-9-4-5-10-16(15)18-12-13-7-6-8-14(19)11-13/h13-16,18-19H,4-12H2,1-3H3. The molecule has 2 aliphatic carbocycles. The number of hydrogen-bond acceptors (Lipinski definition) is 2. The lowest BCUT2D eigenvalue weighted by atomic mass is 9.69. The van der Waals surface area contributed by atoms with Crippen molar-refractivity contribution in [3.8, 4) is 0 Å². The molecular formula is C17H33NO. The predicted octanol–water partition coefficient (Wildman–Crippen LogP) is 3.73. The Kier molecular flexibility index (Phi) is 5.30. The lowest BCUT2D eigenvalue weighted by Crippen LogP contribution is -2.46. The first-order valence-corrected chi connectivity index (χ1v) is 8.38. The summed E-state index contributed by atoms with van der Waals surface area (Å²) in [6.07, 6.45) is 10.0. The predicted molar refractivity (Wildman–Crippen MR) is 81.2 cm³/mol. The molecule has 0 aromatic heterocycles. The van der Waals surface area contributed by atoms with Crippen molar-refractivity contribution in [3.05, 3.63) is 0 Å². The minimum Gasteiger partial charge on any atom is -0.393 e. The van der Waals surface area contributed by atoms with Crippen LogP contribution in [-0.4, -0.2) is 23.8 Å². The summed E-state index contributed by atoms with van der Waals surface area (Å²) in [6.45, 7) is 8.29. The number of nitrogens with one attached hydrogen (secondary N) is 1. The van der Waals surface area contributed by atoms with Gasteiger partial charge in [0.15, 0.2) is 0 Å². The third-order valence-electron chi connectivity index (χ3n) is 5.30. The molecule has 0 radical (unpaired) electrons. The normalized spacial score (nSPS) is 37.3. The molecule has 0 aromatic carbocycles. The van der Waals surface area contributed by atoms with Gasteiger partial charge in [0.25, 0.3) is 0 Å². The summed E-state index contributed by atoms with van der Waals surface area (Å²) in [7, 11) is 0. The largest absolute Gasteiger partial charge is 0.393 e. The van der Waals surface area contributed by atoms with Crippen LogP contribution in [-0.2, 0) is 0 Å². The summed E-state index contributed by atoms with van der Waals surface area (Å²) in [5.41, 5.74) is 0.421. The number of hydrogen-bond donors (Lipinski definition) is 2. The van der Waals surface area contributed by atoms with Gasteiger partial charge in [0.05, 0.1) is 6.10 Å². The van der Waals surface area contributed by atoms with Crippen LogP contribution in [0.3, 0.4) is 0 Å². The minimum absolute atomic E-state index is 0.0367. The molecule has 0 bridgehead atoms. The fourth-order valence-electron chi connectivity index (χ4n) is 4.18. The van der Waals surface area contributed by atoms with Crippen molar-refractivity contribution in [2.75, 3.05) is 6.54 Å². The van der Waals surface area contributed by atoms with Gasteiger partial charge < -0.3 is 10.4 Å². The molecule has 19 heavy (non-hydrogen) atoms. The van der Waals surface area contributed by atoms with Gasteiger partial charge in [-0.15, -0.1) is 0 Å². The van der Waals surface area contributed by atoms with Crippen molar-refractivity contribution in [2.45, 2.75) is 84.3 Å². The molecule has 0 saturated heterocycles. The van der Waals surface area contributed by atoms with E-state index in [1.807, 2.05) is 0 Å². The van der Waals surface area contributed by atoms with E-state index in [0.29, 0.717) is 17.4 Å². The van der Waals surface area contributed by atoms with Crippen molar-refractivity contribution in [3.63, 3.8) is 0 Å². The molecule has 0 amide bonds. The molecular weight excluding hydrogens is 234 g/mol. The fourth-order valence-corrected chi connectivity index (χ4v) is 4.18. The van der Waals surface area contributed by atoms with Crippen molar-refractivity contribution in [2.24, 2.45) is 17.3 Å². The van der Waals surface area contributed by atoms with Gasteiger partial charge >= 0.3 is 0 Å². The third kappa shape index (κ3) is 4.46. The Balaban J connectivity index is 1.82. The smallest absolute Gasteiger partial charge is 0.0543 e. The van der Waals surface area contributed by atoms with Gasteiger partial charge in [-0.1, -0.05) is 40.0 Å². The maximum absolute atomic E-state index is 9.77. The lowest BCUT2D eigenvalue weighted by molar-refractivity contribution is 0.0896. The summed E-state index contributed by atoms with van der Waals surface area (Å²) in [4.78, 5) is 0. The topological polar surface area (TPSA) is 32.3 Å². The van der Waals surface area contributed by atoms with E-state index in [1.54, 1.807) is 0 Å². The quantitative estimate of drug-likeness (QED) is 0.816. The molecule has 2 rings (SSSR count). The van der Waals surface area contributed by atoms with Crippen LogP contribution >= 0.6 is 0 Å². The second-order valence-corrected chi connectivity index (χ2v) is 7.96. The van der Waals surface area contributed by atoms with Crippen LogP contribution < -0.4 is 5.32 Å². The average molecular weight is 267 g/mol. The Labute approximate surface area is 119 Å². The SMILES string of the molecule is CC(C)(C)C1CCCCC1NCC1CCCC(O)C1. The van der Waals surface area contributed by atoms with Crippen molar-refractivity contribution < 1.29 is 5.11 Å². The Morgan fingerprint density at radius 1 is 1.00 bits per heavy atom. The Bertz CT molecular complexity index is 271. The van der Waals surface area contributed by atoms with Crippen LogP contribution in [0.2, 0.25) is 0 Å². The summed E-state index contributed by atoms with van der Waals surface area (Å²) in [5, 5.41) is 13.6. The molecule has 0 aromatic rings. The van der Waals surface area contributed by atoms with E-state index in [-0.39, 0.29) is 6.10 Å². The van der Waals surface area contributed by atoms with E-state index in [1.165, 1.54) is 38.5 Å². The van der Waals surface area contributed by atoms with Gasteiger partial charge in [-0.25, -0.2) is 0 Å². The molecule has 112 valence electrons. The number of aliphatic hydroxyl groups is 1. The molecule has 2 nitrogen and oxygen atoms in total. The second-order valence-electron chi connectivity index (χ2n) is 7.96. The van der Waals surface area contributed by atoms with Gasteiger partial charge in [-0.3, -0.25) is 0 Å².